The number of phenols is 2. The van der Waals surface area contributed by atoms with Crippen molar-refractivity contribution in [1.82, 2.24) is 0 Å². The largest absolute Gasteiger partial charge is 0.508 e. The lowest BCUT2D eigenvalue weighted by Gasteiger charge is -2.12. The van der Waals surface area contributed by atoms with Crippen molar-refractivity contribution in [3.05, 3.63) is 82.9 Å². The number of rotatable bonds is 4. The second kappa shape index (κ2) is 6.54. The topological polar surface area (TPSA) is 92.5 Å². The summed E-state index contributed by atoms with van der Waals surface area (Å²) in [5, 5.41) is 18.7. The molecule has 0 fully saturated rings. The molecule has 0 aliphatic carbocycles. The van der Waals surface area contributed by atoms with Gasteiger partial charge in [-0.1, -0.05) is 24.3 Å². The first kappa shape index (κ1) is 15.7. The molecule has 0 bridgehead atoms. The average molecular weight is 320 g/mol. The number of benzene rings is 3. The van der Waals surface area contributed by atoms with Gasteiger partial charge in [-0.2, -0.15) is 0 Å². The summed E-state index contributed by atoms with van der Waals surface area (Å²) >= 11 is 0. The second-order valence-electron chi connectivity index (χ2n) is 5.94. The molecule has 0 heterocycles. The maximum absolute atomic E-state index is 9.35. The lowest BCUT2D eigenvalue weighted by atomic mass is 9.97. The van der Waals surface area contributed by atoms with Crippen molar-refractivity contribution in [2.24, 2.45) is 0 Å². The molecule has 0 amide bonds. The zero-order valence-electron chi connectivity index (χ0n) is 13.2. The molecule has 6 N–H and O–H groups in total. The molecule has 4 nitrogen and oxygen atoms in total. The number of hydrogen-bond donors (Lipinski definition) is 4. The van der Waals surface area contributed by atoms with Crippen LogP contribution in [0.3, 0.4) is 0 Å². The van der Waals surface area contributed by atoms with Gasteiger partial charge in [-0.25, -0.2) is 0 Å². The molecule has 3 aromatic rings. The number of phenolic OH excluding ortho intramolecular Hbond substituents is 2. The Morgan fingerprint density at radius 2 is 0.917 bits per heavy atom. The van der Waals surface area contributed by atoms with Crippen molar-refractivity contribution in [1.29, 1.82) is 0 Å². The normalized spacial score (nSPS) is 10.7. The molecule has 122 valence electrons. The van der Waals surface area contributed by atoms with Crippen molar-refractivity contribution in [3.63, 3.8) is 0 Å². The minimum atomic E-state index is 0.246. The SMILES string of the molecule is Nc1cc(Cc2ccc(O)cc2)c(N)cc1Cc1ccc(O)cc1. The number of nitrogens with two attached hydrogens (primary N) is 2. The highest BCUT2D eigenvalue weighted by atomic mass is 16.3. The van der Waals surface area contributed by atoms with Crippen LogP contribution in [0.5, 0.6) is 11.5 Å². The first-order valence-electron chi connectivity index (χ1n) is 7.74. The van der Waals surface area contributed by atoms with Gasteiger partial charge in [0, 0.05) is 11.4 Å². The molecule has 0 atom stereocenters. The highest BCUT2D eigenvalue weighted by molar-refractivity contribution is 5.62. The van der Waals surface area contributed by atoms with Gasteiger partial charge in [0.1, 0.15) is 11.5 Å². The summed E-state index contributed by atoms with van der Waals surface area (Å²) < 4.78 is 0. The first-order chi connectivity index (χ1) is 11.5. The lowest BCUT2D eigenvalue weighted by Crippen LogP contribution is -2.03. The predicted octanol–water partition coefficient (Wildman–Crippen LogP) is 3.44. The van der Waals surface area contributed by atoms with Gasteiger partial charge < -0.3 is 21.7 Å². The van der Waals surface area contributed by atoms with Crippen LogP contribution in [0.4, 0.5) is 11.4 Å². The minimum Gasteiger partial charge on any atom is -0.508 e. The van der Waals surface area contributed by atoms with E-state index in [1.807, 2.05) is 36.4 Å². The molecule has 0 saturated carbocycles. The fourth-order valence-electron chi connectivity index (χ4n) is 2.70. The lowest BCUT2D eigenvalue weighted by molar-refractivity contribution is 0.474. The summed E-state index contributed by atoms with van der Waals surface area (Å²) in [7, 11) is 0. The Balaban J connectivity index is 1.82. The van der Waals surface area contributed by atoms with Crippen LogP contribution in [0.1, 0.15) is 22.3 Å². The third-order valence-corrected chi connectivity index (χ3v) is 4.06. The monoisotopic (exact) mass is 320 g/mol. The maximum atomic E-state index is 9.35. The zero-order valence-corrected chi connectivity index (χ0v) is 13.2. The van der Waals surface area contributed by atoms with Crippen molar-refractivity contribution in [2.75, 3.05) is 11.5 Å². The van der Waals surface area contributed by atoms with Gasteiger partial charge in [-0.15, -0.1) is 0 Å². The zero-order chi connectivity index (χ0) is 17.1. The van der Waals surface area contributed by atoms with Gasteiger partial charge >= 0.3 is 0 Å². The molecule has 3 rings (SSSR count). The van der Waals surface area contributed by atoms with Crippen LogP contribution in [-0.4, -0.2) is 10.2 Å². The summed E-state index contributed by atoms with van der Waals surface area (Å²) in [4.78, 5) is 0. The average Bonchev–Trinajstić information content (AvgIpc) is 2.56. The summed E-state index contributed by atoms with van der Waals surface area (Å²) in [5.74, 6) is 0.492. The summed E-state index contributed by atoms with van der Waals surface area (Å²) in [6.45, 7) is 0. The molecule has 0 spiro atoms. The Labute approximate surface area is 141 Å². The van der Waals surface area contributed by atoms with Crippen molar-refractivity contribution >= 4 is 11.4 Å². The van der Waals surface area contributed by atoms with E-state index in [2.05, 4.69) is 0 Å². The van der Waals surface area contributed by atoms with E-state index in [1.54, 1.807) is 24.3 Å². The van der Waals surface area contributed by atoms with E-state index < -0.39 is 0 Å². The van der Waals surface area contributed by atoms with E-state index in [9.17, 15) is 10.2 Å². The van der Waals surface area contributed by atoms with Crippen molar-refractivity contribution in [2.45, 2.75) is 12.8 Å². The number of aromatic hydroxyl groups is 2. The predicted molar refractivity (Wildman–Crippen MR) is 97.1 cm³/mol. The Kier molecular flexibility index (Phi) is 4.29. The van der Waals surface area contributed by atoms with Crippen LogP contribution in [-0.2, 0) is 12.8 Å². The van der Waals surface area contributed by atoms with Gasteiger partial charge in [0.15, 0.2) is 0 Å². The molecule has 0 aliphatic heterocycles. The minimum absolute atomic E-state index is 0.246. The van der Waals surface area contributed by atoms with Crippen LogP contribution < -0.4 is 11.5 Å². The standard InChI is InChI=1S/C20H20N2O2/c21-19-12-16(10-14-3-7-18(24)8-4-14)20(22)11-15(19)9-13-1-5-17(23)6-2-13/h1-8,11-12,23-24H,9-10,21-22H2. The van der Waals surface area contributed by atoms with Crippen LogP contribution in [0.2, 0.25) is 0 Å². The fraction of sp³-hybridized carbons (Fsp3) is 0.100. The number of anilines is 2. The van der Waals surface area contributed by atoms with E-state index >= 15 is 0 Å². The van der Waals surface area contributed by atoms with E-state index in [1.165, 1.54) is 0 Å². The Bertz CT molecular complexity index is 768. The van der Waals surface area contributed by atoms with Crippen molar-refractivity contribution < 1.29 is 10.2 Å². The van der Waals surface area contributed by atoms with E-state index in [0.29, 0.717) is 24.2 Å². The molecule has 0 aromatic heterocycles. The van der Waals surface area contributed by atoms with Gasteiger partial charge in [0.05, 0.1) is 0 Å². The third kappa shape index (κ3) is 3.60. The van der Waals surface area contributed by atoms with Crippen LogP contribution in [0.15, 0.2) is 60.7 Å². The molecule has 0 aliphatic rings. The van der Waals surface area contributed by atoms with E-state index in [4.69, 9.17) is 11.5 Å². The molecular formula is C20H20N2O2. The maximum Gasteiger partial charge on any atom is 0.115 e. The molecule has 0 radical (unpaired) electrons. The summed E-state index contributed by atoms with van der Waals surface area (Å²) in [5.41, 5.74) is 17.9. The summed E-state index contributed by atoms with van der Waals surface area (Å²) in [6.07, 6.45) is 1.33. The van der Waals surface area contributed by atoms with Gasteiger partial charge in [0.2, 0.25) is 0 Å². The number of nitrogen functional groups attached to an aromatic ring is 2. The Hall–Kier alpha value is -3.14. The molecular weight excluding hydrogens is 300 g/mol. The van der Waals surface area contributed by atoms with Crippen molar-refractivity contribution in [3.8, 4) is 11.5 Å². The van der Waals surface area contributed by atoms with Gasteiger partial charge in [-0.3, -0.25) is 0 Å². The molecule has 24 heavy (non-hydrogen) atoms. The molecule has 4 heteroatoms. The second-order valence-corrected chi connectivity index (χ2v) is 5.94. The number of hydrogen-bond acceptors (Lipinski definition) is 4. The highest BCUT2D eigenvalue weighted by Crippen LogP contribution is 2.26. The summed E-state index contributed by atoms with van der Waals surface area (Å²) in [6, 6.07) is 18.0. The van der Waals surface area contributed by atoms with Gasteiger partial charge in [0.25, 0.3) is 0 Å². The van der Waals surface area contributed by atoms with E-state index in [0.717, 1.165) is 22.3 Å². The molecule has 3 aromatic carbocycles. The van der Waals surface area contributed by atoms with Gasteiger partial charge in [-0.05, 0) is 71.5 Å². The molecule has 0 unspecified atom stereocenters. The highest BCUT2D eigenvalue weighted by Gasteiger charge is 2.08. The smallest absolute Gasteiger partial charge is 0.115 e. The third-order valence-electron chi connectivity index (χ3n) is 4.06. The van der Waals surface area contributed by atoms with Crippen LogP contribution >= 0.6 is 0 Å². The van der Waals surface area contributed by atoms with E-state index in [-0.39, 0.29) is 11.5 Å². The first-order valence-corrected chi connectivity index (χ1v) is 7.74. The fourth-order valence-corrected chi connectivity index (χ4v) is 2.70. The Morgan fingerprint density at radius 3 is 1.25 bits per heavy atom. The van der Waals surface area contributed by atoms with Crippen LogP contribution in [0, 0.1) is 0 Å². The Morgan fingerprint density at radius 1 is 0.583 bits per heavy atom. The molecule has 0 saturated heterocycles. The quantitative estimate of drug-likeness (QED) is 0.554. The van der Waals surface area contributed by atoms with Crippen LogP contribution in [0.25, 0.3) is 0 Å².